The maximum atomic E-state index is 12.6. The van der Waals surface area contributed by atoms with Gasteiger partial charge in [0.2, 0.25) is 5.91 Å². The molecule has 1 aromatic carbocycles. The number of unbranched alkanes of at least 4 members (excludes halogenated alkanes) is 4. The Morgan fingerprint density at radius 1 is 1.09 bits per heavy atom. The van der Waals surface area contributed by atoms with Gasteiger partial charge in [0.25, 0.3) is 0 Å². The highest BCUT2D eigenvalue weighted by Crippen LogP contribution is 2.31. The van der Waals surface area contributed by atoms with Crippen molar-refractivity contribution in [2.45, 2.75) is 77.9 Å². The summed E-state index contributed by atoms with van der Waals surface area (Å²) in [7, 11) is 0. The number of rotatable bonds is 14. The van der Waals surface area contributed by atoms with Crippen molar-refractivity contribution < 1.29 is 9.53 Å². The average molecular weight is 502 g/mol. The van der Waals surface area contributed by atoms with Crippen molar-refractivity contribution in [3.63, 3.8) is 0 Å². The Labute approximate surface area is 210 Å². The number of carbonyl (C=O) groups excluding carboxylic acids is 1. The van der Waals surface area contributed by atoms with Crippen LogP contribution in [0.3, 0.4) is 0 Å². The minimum Gasteiger partial charge on any atom is -0.494 e. The third kappa shape index (κ3) is 7.30. The fraction of sp³-hybridized carbons (Fsp3) is 0.520. The molecule has 7 nitrogen and oxygen atoms in total. The van der Waals surface area contributed by atoms with Gasteiger partial charge in [0, 0.05) is 23.4 Å². The first-order valence-corrected chi connectivity index (χ1v) is 13.9. The van der Waals surface area contributed by atoms with Crippen LogP contribution < -0.4 is 10.1 Å². The molecule has 1 amide bonds. The molecule has 0 aliphatic carbocycles. The van der Waals surface area contributed by atoms with Gasteiger partial charge < -0.3 is 14.6 Å². The lowest BCUT2D eigenvalue weighted by Gasteiger charge is -2.07. The van der Waals surface area contributed by atoms with Crippen molar-refractivity contribution in [2.24, 2.45) is 0 Å². The summed E-state index contributed by atoms with van der Waals surface area (Å²) in [5.41, 5.74) is 1.88. The van der Waals surface area contributed by atoms with E-state index in [1.807, 2.05) is 38.1 Å². The first kappa shape index (κ1) is 26.2. The number of carbonyl (C=O) groups is 1. The molecule has 0 spiro atoms. The molecule has 2 aromatic heterocycles. The first-order chi connectivity index (χ1) is 16.5. The second-order valence-electron chi connectivity index (χ2n) is 8.03. The van der Waals surface area contributed by atoms with Crippen LogP contribution in [-0.4, -0.2) is 38.0 Å². The van der Waals surface area contributed by atoms with Gasteiger partial charge in [0.1, 0.15) is 11.6 Å². The smallest absolute Gasteiger partial charge is 0.236 e. The molecular formula is C25H35N5O2S2. The van der Waals surface area contributed by atoms with Gasteiger partial charge in [-0.3, -0.25) is 4.79 Å². The summed E-state index contributed by atoms with van der Waals surface area (Å²) in [6.45, 7) is 9.74. The number of thiazole rings is 1. The van der Waals surface area contributed by atoms with Gasteiger partial charge in [-0.2, -0.15) is 0 Å². The summed E-state index contributed by atoms with van der Waals surface area (Å²) >= 11 is 2.90. The number of anilines is 1. The van der Waals surface area contributed by atoms with Crippen LogP contribution in [0.1, 0.15) is 63.6 Å². The van der Waals surface area contributed by atoms with E-state index in [1.54, 1.807) is 0 Å². The van der Waals surface area contributed by atoms with Crippen LogP contribution >= 0.6 is 23.1 Å². The van der Waals surface area contributed by atoms with E-state index in [0.29, 0.717) is 11.7 Å². The van der Waals surface area contributed by atoms with Gasteiger partial charge in [0.15, 0.2) is 10.3 Å². The Kier molecular flexibility index (Phi) is 10.4. The fourth-order valence-electron chi connectivity index (χ4n) is 3.69. The molecule has 0 bridgehead atoms. The molecular weight excluding hydrogens is 466 g/mol. The van der Waals surface area contributed by atoms with Crippen molar-refractivity contribution >= 4 is 34.1 Å². The molecule has 0 unspecified atom stereocenters. The maximum absolute atomic E-state index is 12.6. The lowest BCUT2D eigenvalue weighted by Crippen LogP contribution is -2.14. The van der Waals surface area contributed by atoms with Crippen LogP contribution in [-0.2, 0) is 17.8 Å². The van der Waals surface area contributed by atoms with Crippen molar-refractivity contribution in [1.82, 2.24) is 19.7 Å². The standard InChI is InChI=1S/C25H35N5O2S2/c1-5-8-9-10-11-12-21-28-29-25(30(21)6-2)33-17-22(31)26-24-27-23(18(4)34-24)19-13-15-20(16-14-19)32-7-3/h13-16H,5-12,17H2,1-4H3,(H,26,27,31). The summed E-state index contributed by atoms with van der Waals surface area (Å²) < 4.78 is 7.63. The SMILES string of the molecule is CCCCCCCc1nnc(SCC(=O)Nc2nc(-c3ccc(OCC)cc3)c(C)s2)n1CC. The lowest BCUT2D eigenvalue weighted by atomic mass is 10.1. The fourth-order valence-corrected chi connectivity index (χ4v) is 5.37. The van der Waals surface area contributed by atoms with E-state index in [4.69, 9.17) is 4.74 Å². The summed E-state index contributed by atoms with van der Waals surface area (Å²) in [4.78, 5) is 18.3. The van der Waals surface area contributed by atoms with E-state index in [-0.39, 0.29) is 11.7 Å². The molecule has 0 fully saturated rings. The Hall–Kier alpha value is -2.39. The number of benzene rings is 1. The van der Waals surface area contributed by atoms with Crippen molar-refractivity contribution in [3.8, 4) is 17.0 Å². The molecule has 0 atom stereocenters. The Bertz CT molecular complexity index is 1050. The lowest BCUT2D eigenvalue weighted by molar-refractivity contribution is -0.113. The Morgan fingerprint density at radius 2 is 1.85 bits per heavy atom. The first-order valence-electron chi connectivity index (χ1n) is 12.1. The number of thioether (sulfide) groups is 1. The predicted octanol–water partition coefficient (Wildman–Crippen LogP) is 6.37. The monoisotopic (exact) mass is 501 g/mol. The highest BCUT2D eigenvalue weighted by molar-refractivity contribution is 7.99. The number of nitrogens with one attached hydrogen (secondary N) is 1. The van der Waals surface area contributed by atoms with E-state index in [2.05, 4.69) is 38.9 Å². The van der Waals surface area contributed by atoms with E-state index in [1.165, 1.54) is 48.8 Å². The quantitative estimate of drug-likeness (QED) is 0.204. The molecule has 3 aromatic rings. The predicted molar refractivity (Wildman–Crippen MR) is 141 cm³/mol. The summed E-state index contributed by atoms with van der Waals surface area (Å²) in [5.74, 6) is 2.02. The normalized spacial score (nSPS) is 11.1. The largest absolute Gasteiger partial charge is 0.494 e. The number of hydrogen-bond donors (Lipinski definition) is 1. The highest BCUT2D eigenvalue weighted by atomic mass is 32.2. The molecule has 9 heteroatoms. The van der Waals surface area contributed by atoms with Crippen LogP contribution in [0.15, 0.2) is 29.4 Å². The molecule has 0 aliphatic rings. The van der Waals surface area contributed by atoms with Gasteiger partial charge >= 0.3 is 0 Å². The summed E-state index contributed by atoms with van der Waals surface area (Å²) in [6, 6.07) is 7.87. The number of ether oxygens (including phenoxy) is 1. The number of amides is 1. The third-order valence-corrected chi connectivity index (χ3v) is 7.28. The van der Waals surface area contributed by atoms with Gasteiger partial charge in [-0.25, -0.2) is 4.98 Å². The van der Waals surface area contributed by atoms with Crippen LogP contribution in [0, 0.1) is 6.92 Å². The molecule has 3 rings (SSSR count). The van der Waals surface area contributed by atoms with Gasteiger partial charge in [-0.1, -0.05) is 44.4 Å². The number of aromatic nitrogens is 4. The zero-order chi connectivity index (χ0) is 24.3. The number of aryl methyl sites for hydroxylation is 2. The van der Waals surface area contributed by atoms with E-state index < -0.39 is 0 Å². The zero-order valence-corrected chi connectivity index (χ0v) is 22.2. The second-order valence-corrected chi connectivity index (χ2v) is 10.2. The molecule has 0 saturated heterocycles. The third-order valence-electron chi connectivity index (χ3n) is 5.43. The highest BCUT2D eigenvalue weighted by Gasteiger charge is 2.15. The van der Waals surface area contributed by atoms with E-state index in [0.717, 1.165) is 52.3 Å². The molecule has 0 radical (unpaired) electrons. The Balaban J connectivity index is 1.54. The molecule has 0 aliphatic heterocycles. The molecule has 184 valence electrons. The van der Waals surface area contributed by atoms with Crippen LogP contribution in [0.2, 0.25) is 0 Å². The minimum absolute atomic E-state index is 0.0937. The van der Waals surface area contributed by atoms with Crippen LogP contribution in [0.5, 0.6) is 5.75 Å². The molecule has 2 heterocycles. The summed E-state index contributed by atoms with van der Waals surface area (Å²) in [5, 5.41) is 13.1. The maximum Gasteiger partial charge on any atom is 0.236 e. The van der Waals surface area contributed by atoms with E-state index in [9.17, 15) is 4.79 Å². The minimum atomic E-state index is -0.0937. The topological polar surface area (TPSA) is 81.9 Å². The Morgan fingerprint density at radius 3 is 2.56 bits per heavy atom. The van der Waals surface area contributed by atoms with Crippen LogP contribution in [0.25, 0.3) is 11.3 Å². The zero-order valence-electron chi connectivity index (χ0n) is 20.6. The van der Waals surface area contributed by atoms with Gasteiger partial charge in [-0.15, -0.1) is 21.5 Å². The van der Waals surface area contributed by atoms with Crippen molar-refractivity contribution in [1.29, 1.82) is 0 Å². The molecule has 34 heavy (non-hydrogen) atoms. The summed E-state index contributed by atoms with van der Waals surface area (Å²) in [6.07, 6.45) is 7.10. The average Bonchev–Trinajstić information content (AvgIpc) is 3.40. The van der Waals surface area contributed by atoms with Crippen molar-refractivity contribution in [2.75, 3.05) is 17.7 Å². The van der Waals surface area contributed by atoms with Gasteiger partial charge in [-0.05, 0) is 51.5 Å². The molecule has 0 saturated carbocycles. The van der Waals surface area contributed by atoms with Crippen LogP contribution in [0.4, 0.5) is 5.13 Å². The molecule has 1 N–H and O–H groups in total. The van der Waals surface area contributed by atoms with Gasteiger partial charge in [0.05, 0.1) is 18.1 Å². The number of hydrogen-bond acceptors (Lipinski definition) is 7. The number of nitrogens with zero attached hydrogens (tertiary/aromatic N) is 4. The van der Waals surface area contributed by atoms with Crippen molar-refractivity contribution in [3.05, 3.63) is 35.0 Å². The second kappa shape index (κ2) is 13.5. The van der Waals surface area contributed by atoms with E-state index >= 15 is 0 Å².